The number of H-pyrrole nitrogens is 1. The van der Waals surface area contributed by atoms with E-state index in [4.69, 9.17) is 17.2 Å². The molecule has 0 fully saturated rings. The van der Waals surface area contributed by atoms with Crippen molar-refractivity contribution in [3.63, 3.8) is 0 Å². The van der Waals surface area contributed by atoms with Crippen molar-refractivity contribution < 1.29 is 33.9 Å². The summed E-state index contributed by atoms with van der Waals surface area (Å²) in [5.74, 6) is -5.75. The summed E-state index contributed by atoms with van der Waals surface area (Å²) in [6.07, 6.45) is 0.338. The second-order valence-corrected chi connectivity index (χ2v) is 8.92. The fourth-order valence-electron chi connectivity index (χ4n) is 3.59. The number of para-hydroxylation sites is 1. The lowest BCUT2D eigenvalue weighted by Gasteiger charge is -2.24. The summed E-state index contributed by atoms with van der Waals surface area (Å²) in [6, 6.07) is 1.82. The van der Waals surface area contributed by atoms with E-state index in [0.29, 0.717) is 5.56 Å². The molecule has 206 valence electrons. The number of fused-ring (bicyclic) bond motifs is 1. The Morgan fingerprint density at radius 1 is 0.895 bits per heavy atom. The van der Waals surface area contributed by atoms with E-state index in [1.807, 2.05) is 12.1 Å². The molecule has 0 aliphatic rings. The third-order valence-corrected chi connectivity index (χ3v) is 5.99. The summed E-state index contributed by atoms with van der Waals surface area (Å²) in [7, 11) is 0. The van der Waals surface area contributed by atoms with E-state index in [-0.39, 0.29) is 25.0 Å². The Kier molecular flexibility index (Phi) is 11.1. The molecule has 14 nitrogen and oxygen atoms in total. The average Bonchev–Trinajstić information content (AvgIpc) is 3.27. The van der Waals surface area contributed by atoms with Gasteiger partial charge in [0, 0.05) is 35.7 Å². The minimum absolute atomic E-state index is 0.0482. The quantitative estimate of drug-likeness (QED) is 0.108. The summed E-state index contributed by atoms with van der Waals surface area (Å²) in [5, 5.41) is 17.5. The van der Waals surface area contributed by atoms with Gasteiger partial charge in [-0.25, -0.2) is 4.79 Å². The number of hydrogen-bond acceptors (Lipinski definition) is 8. The standard InChI is InChI=1S/C23H31N7O7S/c24-13(10-38)20(33)29-16(8-19(26)32)22(35)28-15(5-6-18(25)31)21(34)30-17(23(36)37)7-11-9-27-14-4-2-1-3-12(11)14/h1-4,9,13,15-17,27,38H,5-8,10,24H2,(H2,25,31)(H2,26,32)(H,28,35)(H,29,33)(H,30,34)(H,36,37). The lowest BCUT2D eigenvalue weighted by atomic mass is 10.0. The molecule has 1 aromatic heterocycles. The normalized spacial score (nSPS) is 14.1. The van der Waals surface area contributed by atoms with Crippen molar-refractivity contribution >= 4 is 59.0 Å². The number of thiol groups is 1. The van der Waals surface area contributed by atoms with Crippen LogP contribution in [-0.2, 0) is 35.2 Å². The van der Waals surface area contributed by atoms with Gasteiger partial charge in [0.2, 0.25) is 29.5 Å². The summed E-state index contributed by atoms with van der Waals surface area (Å²) in [6.45, 7) is 0. The van der Waals surface area contributed by atoms with Crippen LogP contribution in [0.4, 0.5) is 0 Å². The first-order valence-corrected chi connectivity index (χ1v) is 12.2. The molecule has 0 spiro atoms. The number of carboxylic acids is 1. The Morgan fingerprint density at radius 2 is 1.50 bits per heavy atom. The second kappa shape index (κ2) is 14.0. The van der Waals surface area contributed by atoms with Crippen LogP contribution in [0.25, 0.3) is 10.9 Å². The number of benzene rings is 1. The van der Waals surface area contributed by atoms with Crippen LogP contribution >= 0.6 is 12.6 Å². The highest BCUT2D eigenvalue weighted by Gasteiger charge is 2.31. The van der Waals surface area contributed by atoms with Gasteiger partial charge in [-0.2, -0.15) is 12.6 Å². The van der Waals surface area contributed by atoms with Crippen molar-refractivity contribution in [2.24, 2.45) is 17.2 Å². The number of hydrogen-bond donors (Lipinski definition) is 9. The van der Waals surface area contributed by atoms with Crippen LogP contribution in [-0.4, -0.2) is 75.5 Å². The van der Waals surface area contributed by atoms with Gasteiger partial charge in [0.05, 0.1) is 12.5 Å². The SMILES string of the molecule is NC(=O)CCC(NC(=O)C(CC(N)=O)NC(=O)C(N)CS)C(=O)NC(Cc1c[nH]c2ccccc12)C(=O)O. The van der Waals surface area contributed by atoms with Gasteiger partial charge in [-0.3, -0.25) is 24.0 Å². The van der Waals surface area contributed by atoms with E-state index in [9.17, 15) is 33.9 Å². The fourth-order valence-corrected chi connectivity index (χ4v) is 3.76. The Hall–Kier alpha value is -4.11. The van der Waals surface area contributed by atoms with Crippen molar-refractivity contribution in [1.82, 2.24) is 20.9 Å². The van der Waals surface area contributed by atoms with Gasteiger partial charge in [0.15, 0.2) is 0 Å². The Bertz CT molecular complexity index is 1200. The Morgan fingerprint density at radius 3 is 2.11 bits per heavy atom. The van der Waals surface area contributed by atoms with Gasteiger partial charge >= 0.3 is 5.97 Å². The number of carbonyl (C=O) groups excluding carboxylic acids is 5. The van der Waals surface area contributed by atoms with Gasteiger partial charge in [0.25, 0.3) is 0 Å². The zero-order chi connectivity index (χ0) is 28.4. The molecule has 4 atom stereocenters. The van der Waals surface area contributed by atoms with Crippen molar-refractivity contribution in [2.45, 2.75) is 49.9 Å². The highest BCUT2D eigenvalue weighted by atomic mass is 32.1. The van der Waals surface area contributed by atoms with Gasteiger partial charge in [0.1, 0.15) is 18.1 Å². The van der Waals surface area contributed by atoms with Crippen LogP contribution in [0.15, 0.2) is 30.5 Å². The molecule has 0 radical (unpaired) electrons. The van der Waals surface area contributed by atoms with Gasteiger partial charge in [-0.1, -0.05) is 18.2 Å². The van der Waals surface area contributed by atoms with Crippen molar-refractivity contribution in [2.75, 3.05) is 5.75 Å². The molecule has 4 unspecified atom stereocenters. The first-order valence-electron chi connectivity index (χ1n) is 11.5. The number of primary amides is 2. The molecule has 0 saturated carbocycles. The van der Waals surface area contributed by atoms with E-state index < -0.39 is 66.1 Å². The maximum atomic E-state index is 13.1. The lowest BCUT2D eigenvalue weighted by Crippen LogP contribution is -2.58. The largest absolute Gasteiger partial charge is 0.480 e. The number of rotatable bonds is 15. The highest BCUT2D eigenvalue weighted by molar-refractivity contribution is 7.80. The maximum absolute atomic E-state index is 13.1. The third-order valence-electron chi connectivity index (χ3n) is 5.60. The number of aliphatic carboxylic acids is 1. The minimum Gasteiger partial charge on any atom is -0.480 e. The van der Waals surface area contributed by atoms with E-state index in [1.165, 1.54) is 0 Å². The lowest BCUT2D eigenvalue weighted by molar-refractivity contribution is -0.142. The van der Waals surface area contributed by atoms with Crippen LogP contribution in [0.2, 0.25) is 0 Å². The molecule has 1 heterocycles. The minimum atomic E-state index is -1.49. The number of carboxylic acid groups (broad SMARTS) is 1. The fraction of sp³-hybridized carbons (Fsp3) is 0.391. The molecule has 38 heavy (non-hydrogen) atoms. The van der Waals surface area contributed by atoms with Crippen molar-refractivity contribution in [3.8, 4) is 0 Å². The number of carbonyl (C=O) groups is 6. The van der Waals surface area contributed by atoms with Gasteiger partial charge in [-0.15, -0.1) is 0 Å². The molecule has 2 rings (SSSR count). The second-order valence-electron chi connectivity index (χ2n) is 8.55. The zero-order valence-electron chi connectivity index (χ0n) is 20.3. The van der Waals surface area contributed by atoms with Crippen molar-refractivity contribution in [1.29, 1.82) is 0 Å². The molecule has 5 amide bonds. The summed E-state index contributed by atoms with van der Waals surface area (Å²) in [5.41, 5.74) is 17.4. The first-order chi connectivity index (χ1) is 17.9. The zero-order valence-corrected chi connectivity index (χ0v) is 21.2. The van der Waals surface area contributed by atoms with Crippen LogP contribution in [0.5, 0.6) is 0 Å². The third kappa shape index (κ3) is 8.77. The molecule has 15 heteroatoms. The average molecular weight is 550 g/mol. The number of aromatic nitrogens is 1. The van der Waals surface area contributed by atoms with Crippen LogP contribution in [0, 0.1) is 0 Å². The summed E-state index contributed by atoms with van der Waals surface area (Å²) >= 11 is 3.90. The monoisotopic (exact) mass is 549 g/mol. The summed E-state index contributed by atoms with van der Waals surface area (Å²) in [4.78, 5) is 75.9. The summed E-state index contributed by atoms with van der Waals surface area (Å²) < 4.78 is 0. The Balaban J connectivity index is 2.21. The smallest absolute Gasteiger partial charge is 0.326 e. The molecule has 0 saturated heterocycles. The molecule has 0 aliphatic carbocycles. The van der Waals surface area contributed by atoms with Crippen LogP contribution < -0.4 is 33.2 Å². The number of nitrogens with one attached hydrogen (secondary N) is 4. The van der Waals surface area contributed by atoms with E-state index in [2.05, 4.69) is 33.6 Å². The number of aromatic amines is 1. The highest BCUT2D eigenvalue weighted by Crippen LogP contribution is 2.19. The molecular weight excluding hydrogens is 518 g/mol. The first kappa shape index (κ1) is 30.1. The molecule has 0 bridgehead atoms. The molecule has 0 aliphatic heterocycles. The number of nitrogens with two attached hydrogens (primary N) is 3. The van der Waals surface area contributed by atoms with Crippen LogP contribution in [0.1, 0.15) is 24.8 Å². The molecular formula is C23H31N7O7S. The predicted molar refractivity (Wildman–Crippen MR) is 139 cm³/mol. The van der Waals surface area contributed by atoms with Crippen LogP contribution in [0.3, 0.4) is 0 Å². The maximum Gasteiger partial charge on any atom is 0.326 e. The van der Waals surface area contributed by atoms with E-state index in [0.717, 1.165) is 10.9 Å². The van der Waals surface area contributed by atoms with Crippen molar-refractivity contribution in [3.05, 3.63) is 36.0 Å². The van der Waals surface area contributed by atoms with Gasteiger partial charge < -0.3 is 43.2 Å². The van der Waals surface area contributed by atoms with Gasteiger partial charge in [-0.05, 0) is 18.1 Å². The molecule has 2 aromatic rings. The topological polar surface area (TPSA) is 253 Å². The molecule has 1 aromatic carbocycles. The Labute approximate surface area is 222 Å². The molecule has 11 N–H and O–H groups in total. The number of amides is 5. The van der Waals surface area contributed by atoms with E-state index in [1.54, 1.807) is 18.3 Å². The predicted octanol–water partition coefficient (Wildman–Crippen LogP) is -2.35. The van der Waals surface area contributed by atoms with E-state index >= 15 is 0 Å².